The molecule has 0 radical (unpaired) electrons. The second kappa shape index (κ2) is 9.53. The predicted octanol–water partition coefficient (Wildman–Crippen LogP) is 5.93. The first-order chi connectivity index (χ1) is 17.7. The summed E-state index contributed by atoms with van der Waals surface area (Å²) in [5.74, 6) is -0.468. The second-order valence-electron chi connectivity index (χ2n) is 9.50. The Kier molecular flexibility index (Phi) is 6.98. The van der Waals surface area contributed by atoms with Gasteiger partial charge < -0.3 is 15.0 Å². The fraction of sp³-hybridized carbons (Fsp3) is 0.400. The van der Waals surface area contributed by atoms with Crippen LogP contribution < -0.4 is 5.32 Å². The van der Waals surface area contributed by atoms with Crippen molar-refractivity contribution in [1.29, 1.82) is 0 Å². The quantitative estimate of drug-likeness (QED) is 0.274. The van der Waals surface area contributed by atoms with E-state index in [1.165, 1.54) is 4.90 Å². The molecule has 0 unspecified atom stereocenters. The maximum absolute atomic E-state index is 12.9. The maximum Gasteiger partial charge on any atom is 0.310 e. The van der Waals surface area contributed by atoms with Crippen LogP contribution in [0.2, 0.25) is 0 Å². The minimum Gasteiger partial charge on any atom is -0.383 e. The van der Waals surface area contributed by atoms with Gasteiger partial charge in [0.05, 0.1) is 12.1 Å². The van der Waals surface area contributed by atoms with E-state index in [1.54, 1.807) is 19.2 Å². The lowest BCUT2D eigenvalue weighted by Gasteiger charge is -2.40. The van der Waals surface area contributed by atoms with Gasteiger partial charge in [-0.15, -0.1) is 0 Å². The molecule has 0 aliphatic carbocycles. The van der Waals surface area contributed by atoms with Crippen molar-refractivity contribution in [2.45, 2.75) is 31.2 Å². The summed E-state index contributed by atoms with van der Waals surface area (Å²) in [5.41, 5.74) is 2.08. The molecule has 1 aliphatic heterocycles. The van der Waals surface area contributed by atoms with Crippen LogP contribution in [0.25, 0.3) is 10.9 Å². The lowest BCUT2D eigenvalue weighted by molar-refractivity contribution is 0.0681. The van der Waals surface area contributed by atoms with Gasteiger partial charge in [0.25, 0.3) is 11.8 Å². The fourth-order valence-corrected chi connectivity index (χ4v) is 5.25. The number of nitrogens with zero attached hydrogens (tertiary/aromatic N) is 3. The van der Waals surface area contributed by atoms with Crippen LogP contribution in [-0.2, 0) is 11.3 Å². The molecule has 7 nitrogen and oxygen atoms in total. The fourth-order valence-electron chi connectivity index (χ4n) is 4.60. The van der Waals surface area contributed by atoms with Gasteiger partial charge >= 0.3 is 10.2 Å². The normalized spacial score (nSPS) is 16.8. The van der Waals surface area contributed by atoms with Crippen molar-refractivity contribution in [2.75, 3.05) is 33.4 Å². The van der Waals surface area contributed by atoms with Crippen molar-refractivity contribution < 1.29 is 33.8 Å². The highest BCUT2D eigenvalue weighted by molar-refractivity contribution is 8.45. The number of ether oxygens (including phenoxy) is 1. The summed E-state index contributed by atoms with van der Waals surface area (Å²) in [5, 5.41) is 8.30. The third-order valence-corrected chi connectivity index (χ3v) is 7.90. The zero-order chi connectivity index (χ0) is 27.8. The largest absolute Gasteiger partial charge is 0.383 e. The summed E-state index contributed by atoms with van der Waals surface area (Å²) in [6, 6.07) is 5.66. The van der Waals surface area contributed by atoms with Gasteiger partial charge in [-0.25, -0.2) is 0 Å². The third-order valence-electron chi connectivity index (χ3n) is 6.74. The van der Waals surface area contributed by atoms with E-state index in [4.69, 9.17) is 4.74 Å². The molecule has 1 aliphatic rings. The molecular formula is C25H29F5N4O3S. The van der Waals surface area contributed by atoms with E-state index in [2.05, 4.69) is 10.4 Å². The second-order valence-corrected chi connectivity index (χ2v) is 11.9. The van der Waals surface area contributed by atoms with Gasteiger partial charge in [-0.05, 0) is 67.6 Å². The Morgan fingerprint density at radius 3 is 2.32 bits per heavy atom. The molecule has 13 heteroatoms. The third kappa shape index (κ3) is 6.26. The number of likely N-dealkylation sites (tertiary alicyclic amines) is 1. The average Bonchev–Trinajstić information content (AvgIpc) is 3.26. The Labute approximate surface area is 216 Å². The highest BCUT2D eigenvalue weighted by Gasteiger charge is 2.65. The molecular weight excluding hydrogens is 531 g/mol. The Morgan fingerprint density at radius 1 is 1.05 bits per heavy atom. The van der Waals surface area contributed by atoms with Crippen molar-refractivity contribution in [1.82, 2.24) is 20.0 Å². The molecule has 2 aromatic carbocycles. The molecule has 0 spiro atoms. The van der Waals surface area contributed by atoms with Gasteiger partial charge in [0.2, 0.25) is 0 Å². The Balaban J connectivity index is 1.37. The number of methoxy groups -OCH3 is 1. The smallest absolute Gasteiger partial charge is 0.310 e. The van der Waals surface area contributed by atoms with E-state index in [-0.39, 0.29) is 29.5 Å². The van der Waals surface area contributed by atoms with Crippen LogP contribution in [0.1, 0.15) is 39.1 Å². The number of aryl methyl sites for hydroxylation is 1. The van der Waals surface area contributed by atoms with Crippen molar-refractivity contribution in [3.8, 4) is 0 Å². The van der Waals surface area contributed by atoms with Gasteiger partial charge in [0.15, 0.2) is 0 Å². The number of halogens is 5. The van der Waals surface area contributed by atoms with Gasteiger partial charge in [0, 0.05) is 56.0 Å². The maximum atomic E-state index is 12.9. The number of rotatable bonds is 8. The van der Waals surface area contributed by atoms with Crippen molar-refractivity contribution in [2.24, 2.45) is 5.92 Å². The lowest BCUT2D eigenvalue weighted by Crippen LogP contribution is -2.39. The predicted molar refractivity (Wildman–Crippen MR) is 135 cm³/mol. The van der Waals surface area contributed by atoms with Crippen LogP contribution in [-0.4, -0.2) is 59.8 Å². The first-order valence-electron chi connectivity index (χ1n) is 12.0. The summed E-state index contributed by atoms with van der Waals surface area (Å²) in [7, 11) is -8.22. The SMILES string of the molecule is COCCNC(=O)c1ccc2nn(CC3CCN(C(=O)c4ccc(S(F)(F)(F)(F)F)cc4)CC3)cc2c1C. The van der Waals surface area contributed by atoms with Gasteiger partial charge in [-0.1, -0.05) is 19.4 Å². The number of aromatic nitrogens is 2. The molecule has 1 aromatic heterocycles. The van der Waals surface area contributed by atoms with Gasteiger partial charge in [-0.2, -0.15) is 5.10 Å². The summed E-state index contributed by atoms with van der Waals surface area (Å²) < 4.78 is 71.5. The summed E-state index contributed by atoms with van der Waals surface area (Å²) in [6.45, 7) is 4.07. The van der Waals surface area contributed by atoms with E-state index in [9.17, 15) is 29.0 Å². The number of carbonyl (C=O) groups is 2. The number of carbonyl (C=O) groups excluding carboxylic acids is 2. The molecule has 1 N–H and O–H groups in total. The minimum atomic E-state index is -9.78. The highest BCUT2D eigenvalue weighted by atomic mass is 32.5. The van der Waals surface area contributed by atoms with Crippen molar-refractivity contribution >= 4 is 32.9 Å². The Hall–Kier alpha value is -3.19. The number of benzene rings is 2. The monoisotopic (exact) mass is 560 g/mol. The lowest BCUT2D eigenvalue weighted by atomic mass is 9.96. The number of piperidine rings is 1. The van der Waals surface area contributed by atoms with E-state index in [1.807, 2.05) is 17.8 Å². The molecule has 2 amide bonds. The summed E-state index contributed by atoms with van der Waals surface area (Å²) in [6.07, 6.45) is 3.20. The molecule has 0 bridgehead atoms. The topological polar surface area (TPSA) is 76.5 Å². The van der Waals surface area contributed by atoms with Gasteiger partial charge in [0.1, 0.15) is 4.90 Å². The number of fused-ring (bicyclic) bond motifs is 1. The van der Waals surface area contributed by atoms with Gasteiger partial charge in [-0.3, -0.25) is 14.3 Å². The standard InChI is InChI=1S/C25H29F5N4O3S/c1-17-21(24(35)31-11-14-37-2)7-8-23-22(17)16-34(32-23)15-18-9-12-33(13-10-18)25(36)19-3-5-20(6-4-19)38(26,27,28,29)30/h3-8,16,18H,9-15H2,1-2H3,(H,31,35). The molecule has 38 heavy (non-hydrogen) atoms. The highest BCUT2D eigenvalue weighted by Crippen LogP contribution is 3.02. The van der Waals surface area contributed by atoms with E-state index in [0.717, 1.165) is 28.6 Å². The Morgan fingerprint density at radius 2 is 1.71 bits per heavy atom. The first-order valence-corrected chi connectivity index (χ1v) is 14.0. The van der Waals surface area contributed by atoms with Crippen molar-refractivity contribution in [3.05, 3.63) is 59.3 Å². The number of hydrogen-bond donors (Lipinski definition) is 1. The van der Waals surface area contributed by atoms with Crippen LogP contribution in [0.5, 0.6) is 0 Å². The van der Waals surface area contributed by atoms with Crippen LogP contribution in [0.4, 0.5) is 19.4 Å². The van der Waals surface area contributed by atoms with E-state index >= 15 is 0 Å². The molecule has 3 aromatic rings. The van der Waals surface area contributed by atoms with Crippen LogP contribution in [0.3, 0.4) is 0 Å². The zero-order valence-electron chi connectivity index (χ0n) is 20.9. The molecule has 1 saturated heterocycles. The van der Waals surface area contributed by atoms with E-state index in [0.29, 0.717) is 51.2 Å². The molecule has 0 atom stereocenters. The number of amides is 2. The molecule has 208 valence electrons. The molecule has 1 fully saturated rings. The zero-order valence-corrected chi connectivity index (χ0v) is 21.7. The van der Waals surface area contributed by atoms with Crippen LogP contribution >= 0.6 is 10.2 Å². The summed E-state index contributed by atoms with van der Waals surface area (Å²) >= 11 is 0. The molecule has 4 rings (SSSR count). The average molecular weight is 561 g/mol. The van der Waals surface area contributed by atoms with Crippen molar-refractivity contribution in [3.63, 3.8) is 0 Å². The summed E-state index contributed by atoms with van der Waals surface area (Å²) in [4.78, 5) is 24.7. The number of hydrogen-bond acceptors (Lipinski definition) is 4. The van der Waals surface area contributed by atoms with E-state index < -0.39 is 21.0 Å². The first kappa shape index (κ1) is 27.8. The minimum absolute atomic E-state index is 0.0649. The number of nitrogens with one attached hydrogen (secondary N) is 1. The molecule has 0 saturated carbocycles. The molecule has 2 heterocycles. The Bertz CT molecular complexity index is 1350. The van der Waals surface area contributed by atoms with Crippen LogP contribution in [0, 0.1) is 12.8 Å². The van der Waals surface area contributed by atoms with Crippen LogP contribution in [0.15, 0.2) is 47.5 Å².